The predicted molar refractivity (Wildman–Crippen MR) is 88.3 cm³/mol. The molecule has 0 saturated carbocycles. The van der Waals surface area contributed by atoms with Gasteiger partial charge in [0.2, 0.25) is 0 Å². The molecule has 142 valence electrons. The number of ether oxygens (including phenoxy) is 1. The number of methoxy groups -OCH3 is 1. The van der Waals surface area contributed by atoms with Gasteiger partial charge in [-0.15, -0.1) is 0 Å². The van der Waals surface area contributed by atoms with Crippen LogP contribution in [0.15, 0.2) is 39.7 Å². The normalized spacial score (nSPS) is 12.2. The highest BCUT2D eigenvalue weighted by atomic mass is 79.9. The van der Waals surface area contributed by atoms with Crippen molar-refractivity contribution in [3.8, 4) is 11.5 Å². The third-order valence-corrected chi connectivity index (χ3v) is 4.96. The Morgan fingerprint density at radius 3 is 2.12 bits per heavy atom. The number of anilines is 1. The summed E-state index contributed by atoms with van der Waals surface area (Å²) in [4.78, 5) is 0.300. The van der Waals surface area contributed by atoms with Crippen molar-refractivity contribution in [2.24, 2.45) is 0 Å². The molecule has 0 heterocycles. The fourth-order valence-electron chi connectivity index (χ4n) is 1.95. The van der Waals surface area contributed by atoms with E-state index in [1.165, 1.54) is 0 Å². The van der Waals surface area contributed by atoms with Crippen LogP contribution in [0.4, 0.5) is 32.0 Å². The Morgan fingerprint density at radius 1 is 1.00 bits per heavy atom. The largest absolute Gasteiger partial charge is 0.507 e. The minimum atomic E-state index is -4.69. The lowest BCUT2D eigenvalue weighted by molar-refractivity contribution is -0.139. The second-order valence-electron chi connectivity index (χ2n) is 4.91. The molecule has 26 heavy (non-hydrogen) atoms. The average molecular weight is 462 g/mol. The standard InChI is InChI=1S/C15H10BrF6NO2S/c1-25-12-6-13(10(16)5-9(12)15(20,21)22)26-23-7-2-3-8(11(24)4-7)14(17,18)19/h2-6,23-24H,1H3. The van der Waals surface area contributed by atoms with E-state index in [1.54, 1.807) is 0 Å². The van der Waals surface area contributed by atoms with Gasteiger partial charge in [0.1, 0.15) is 11.5 Å². The summed E-state index contributed by atoms with van der Waals surface area (Å²) in [6.07, 6.45) is -9.30. The Hall–Kier alpha value is -1.75. The van der Waals surface area contributed by atoms with Crippen LogP contribution in [0.1, 0.15) is 11.1 Å². The number of hydrogen-bond donors (Lipinski definition) is 2. The zero-order valence-corrected chi connectivity index (χ0v) is 15.2. The minimum absolute atomic E-state index is 0.110. The van der Waals surface area contributed by atoms with Gasteiger partial charge in [-0.05, 0) is 52.1 Å². The van der Waals surface area contributed by atoms with E-state index in [-0.39, 0.29) is 10.2 Å². The van der Waals surface area contributed by atoms with Crippen LogP contribution in [0.3, 0.4) is 0 Å². The summed E-state index contributed by atoms with van der Waals surface area (Å²) in [5, 5.41) is 9.46. The van der Waals surface area contributed by atoms with E-state index in [4.69, 9.17) is 4.74 Å². The van der Waals surface area contributed by atoms with Crippen LogP contribution in [0.2, 0.25) is 0 Å². The average Bonchev–Trinajstić information content (AvgIpc) is 2.51. The molecule has 2 N–H and O–H groups in total. The van der Waals surface area contributed by atoms with E-state index in [0.717, 1.165) is 43.3 Å². The molecule has 0 unspecified atom stereocenters. The Bertz CT molecular complexity index is 810. The zero-order chi connectivity index (χ0) is 19.7. The van der Waals surface area contributed by atoms with Crippen molar-refractivity contribution < 1.29 is 36.2 Å². The van der Waals surface area contributed by atoms with Crippen LogP contribution in [-0.4, -0.2) is 12.2 Å². The minimum Gasteiger partial charge on any atom is -0.507 e. The summed E-state index contributed by atoms with van der Waals surface area (Å²) in [6, 6.07) is 4.62. The van der Waals surface area contributed by atoms with Gasteiger partial charge in [0.05, 0.1) is 18.2 Å². The van der Waals surface area contributed by atoms with E-state index in [1.807, 2.05) is 0 Å². The van der Waals surface area contributed by atoms with Gasteiger partial charge in [-0.2, -0.15) is 26.3 Å². The molecule has 0 radical (unpaired) electrons. The van der Waals surface area contributed by atoms with Gasteiger partial charge in [0.15, 0.2) is 0 Å². The van der Waals surface area contributed by atoms with Crippen molar-refractivity contribution in [2.45, 2.75) is 17.2 Å². The van der Waals surface area contributed by atoms with E-state index < -0.39 is 35.0 Å². The van der Waals surface area contributed by atoms with Gasteiger partial charge >= 0.3 is 12.4 Å². The molecule has 2 aromatic rings. The zero-order valence-electron chi connectivity index (χ0n) is 12.8. The lowest BCUT2D eigenvalue weighted by Crippen LogP contribution is -2.08. The summed E-state index contributed by atoms with van der Waals surface area (Å²) in [5.41, 5.74) is -2.03. The molecule has 0 aliphatic carbocycles. The first-order valence-electron chi connectivity index (χ1n) is 6.71. The number of phenolic OH excluding ortho intramolecular Hbond substituents is 1. The summed E-state index contributed by atoms with van der Waals surface area (Å²) in [7, 11) is 1.09. The maximum atomic E-state index is 12.9. The maximum absolute atomic E-state index is 12.9. The monoisotopic (exact) mass is 461 g/mol. The Morgan fingerprint density at radius 2 is 1.62 bits per heavy atom. The Labute approximate surface area is 156 Å². The molecule has 0 saturated heterocycles. The summed E-state index contributed by atoms with van der Waals surface area (Å²) in [6.45, 7) is 0. The number of benzene rings is 2. The second-order valence-corrected chi connectivity index (χ2v) is 6.62. The SMILES string of the molecule is COc1cc(SNc2ccc(C(F)(F)F)c(O)c2)c(Br)cc1C(F)(F)F. The van der Waals surface area contributed by atoms with Crippen molar-refractivity contribution in [2.75, 3.05) is 11.8 Å². The van der Waals surface area contributed by atoms with Crippen LogP contribution in [0, 0.1) is 0 Å². The number of halogens is 7. The molecule has 0 bridgehead atoms. The van der Waals surface area contributed by atoms with E-state index in [9.17, 15) is 31.4 Å². The van der Waals surface area contributed by atoms with Crippen LogP contribution < -0.4 is 9.46 Å². The maximum Gasteiger partial charge on any atom is 0.420 e. The van der Waals surface area contributed by atoms with Crippen molar-refractivity contribution >= 4 is 33.6 Å². The molecule has 0 amide bonds. The molecule has 0 spiro atoms. The van der Waals surface area contributed by atoms with Crippen LogP contribution in [-0.2, 0) is 12.4 Å². The highest BCUT2D eigenvalue weighted by Gasteiger charge is 2.35. The van der Waals surface area contributed by atoms with Crippen molar-refractivity contribution in [1.82, 2.24) is 0 Å². The van der Waals surface area contributed by atoms with Crippen LogP contribution in [0.25, 0.3) is 0 Å². The smallest absolute Gasteiger partial charge is 0.420 e. The third-order valence-electron chi connectivity index (χ3n) is 3.14. The second kappa shape index (κ2) is 7.47. The van der Waals surface area contributed by atoms with Gasteiger partial charge in [0.25, 0.3) is 0 Å². The van der Waals surface area contributed by atoms with Crippen LogP contribution in [0.5, 0.6) is 11.5 Å². The van der Waals surface area contributed by atoms with Gasteiger partial charge < -0.3 is 14.6 Å². The number of rotatable bonds is 4. The topological polar surface area (TPSA) is 41.5 Å². The first kappa shape index (κ1) is 20.6. The first-order valence-corrected chi connectivity index (χ1v) is 8.32. The molecule has 0 atom stereocenters. The summed E-state index contributed by atoms with van der Waals surface area (Å²) in [5.74, 6) is -1.37. The van der Waals surface area contributed by atoms with Gasteiger partial charge in [-0.3, -0.25) is 0 Å². The molecular weight excluding hydrogens is 452 g/mol. The molecule has 0 aromatic heterocycles. The highest BCUT2D eigenvalue weighted by molar-refractivity contribution is 9.10. The molecule has 0 aliphatic rings. The third kappa shape index (κ3) is 4.70. The summed E-state index contributed by atoms with van der Waals surface area (Å²) < 4.78 is 84.1. The Balaban J connectivity index is 2.24. The van der Waals surface area contributed by atoms with E-state index >= 15 is 0 Å². The number of nitrogens with one attached hydrogen (secondary N) is 1. The molecule has 0 aliphatic heterocycles. The molecular formula is C15H10BrF6NO2S. The van der Waals surface area contributed by atoms with E-state index in [2.05, 4.69) is 20.7 Å². The van der Waals surface area contributed by atoms with Crippen molar-refractivity contribution in [3.05, 3.63) is 45.9 Å². The van der Waals surface area contributed by atoms with Crippen LogP contribution >= 0.6 is 27.9 Å². The number of alkyl halides is 6. The summed E-state index contributed by atoms with van der Waals surface area (Å²) >= 11 is 3.85. The van der Waals surface area contributed by atoms with Crippen molar-refractivity contribution in [3.63, 3.8) is 0 Å². The lowest BCUT2D eigenvalue weighted by atomic mass is 10.2. The molecule has 2 aromatic carbocycles. The van der Waals surface area contributed by atoms with E-state index in [0.29, 0.717) is 11.0 Å². The predicted octanol–water partition coefficient (Wildman–Crippen LogP) is 6.32. The molecule has 0 fully saturated rings. The first-order chi connectivity index (χ1) is 11.9. The quantitative estimate of drug-likeness (QED) is 0.412. The van der Waals surface area contributed by atoms with Gasteiger partial charge in [-0.25, -0.2) is 0 Å². The fourth-order valence-corrected chi connectivity index (χ4v) is 3.22. The lowest BCUT2D eigenvalue weighted by Gasteiger charge is -2.15. The van der Waals surface area contributed by atoms with Gasteiger partial charge in [-0.1, -0.05) is 0 Å². The Kier molecular flexibility index (Phi) is 5.91. The molecule has 2 rings (SSSR count). The van der Waals surface area contributed by atoms with Crippen molar-refractivity contribution in [1.29, 1.82) is 0 Å². The van der Waals surface area contributed by atoms with Gasteiger partial charge in [0, 0.05) is 21.1 Å². The number of phenols is 1. The number of aromatic hydroxyl groups is 1. The molecule has 11 heteroatoms. The fraction of sp³-hybridized carbons (Fsp3) is 0.200. The highest BCUT2D eigenvalue weighted by Crippen LogP contribution is 2.42. The number of hydrogen-bond acceptors (Lipinski definition) is 4. The molecule has 3 nitrogen and oxygen atoms in total.